The van der Waals surface area contributed by atoms with E-state index in [4.69, 9.17) is 5.11 Å². The van der Waals surface area contributed by atoms with E-state index in [0.717, 1.165) is 19.3 Å². The largest absolute Gasteiger partial charge is 1.00 e. The van der Waals surface area contributed by atoms with E-state index in [0.29, 0.717) is 13.0 Å². The molecule has 0 bridgehead atoms. The van der Waals surface area contributed by atoms with Crippen molar-refractivity contribution in [1.29, 1.82) is 0 Å². The molecule has 0 saturated heterocycles. The van der Waals surface area contributed by atoms with Crippen LogP contribution < -0.4 is 24.0 Å². The Hall–Kier alpha value is -0.803. The van der Waals surface area contributed by atoms with Crippen LogP contribution in [0.5, 0.6) is 0 Å². The minimum absolute atomic E-state index is 0. The summed E-state index contributed by atoms with van der Waals surface area (Å²) in [5, 5.41) is 30.1. The molecular formula is C16H29LiN2O4. The average molecular weight is 320 g/mol. The topological polar surface area (TPSA) is 96.2 Å². The molecule has 128 valence electrons. The van der Waals surface area contributed by atoms with E-state index in [1.807, 2.05) is 13.0 Å². The Morgan fingerprint density at radius 3 is 2.52 bits per heavy atom. The quantitative estimate of drug-likeness (QED) is 0.143. The summed E-state index contributed by atoms with van der Waals surface area (Å²) in [5.74, 6) is -1.09. The zero-order valence-electron chi connectivity index (χ0n) is 14.9. The van der Waals surface area contributed by atoms with Crippen LogP contribution in [0.1, 0.15) is 46.5 Å². The van der Waals surface area contributed by atoms with Crippen LogP contribution >= 0.6 is 0 Å². The molecule has 0 fully saturated rings. The molecule has 0 aliphatic rings. The second kappa shape index (κ2) is 14.8. The third-order valence-electron chi connectivity index (χ3n) is 3.33. The van der Waals surface area contributed by atoms with E-state index in [1.54, 1.807) is 18.7 Å². The fourth-order valence-corrected chi connectivity index (χ4v) is 2.03. The van der Waals surface area contributed by atoms with Gasteiger partial charge in [0.25, 0.3) is 0 Å². The van der Waals surface area contributed by atoms with Crippen LogP contribution in [-0.4, -0.2) is 58.8 Å². The Balaban J connectivity index is 0. The Morgan fingerprint density at radius 2 is 2.00 bits per heavy atom. The Bertz CT molecular complexity index is 373. The van der Waals surface area contributed by atoms with Crippen molar-refractivity contribution in [3.63, 3.8) is 0 Å². The Kier molecular flexibility index (Phi) is 15.7. The van der Waals surface area contributed by atoms with Gasteiger partial charge in [-0.1, -0.05) is 12.2 Å². The van der Waals surface area contributed by atoms with E-state index in [1.165, 1.54) is 0 Å². The van der Waals surface area contributed by atoms with Gasteiger partial charge in [0.2, 0.25) is 0 Å². The molecule has 23 heavy (non-hydrogen) atoms. The molecule has 0 aromatic heterocycles. The number of carbonyl (C=O) groups is 1. The van der Waals surface area contributed by atoms with E-state index in [2.05, 4.69) is 11.1 Å². The second-order valence-corrected chi connectivity index (χ2v) is 5.45. The number of aliphatic carboxylic acids is 1. The van der Waals surface area contributed by atoms with Crippen molar-refractivity contribution in [3.8, 4) is 0 Å². The number of hydrogen-bond donors (Lipinski definition) is 2. The van der Waals surface area contributed by atoms with E-state index < -0.39 is 18.1 Å². The first-order valence-electron chi connectivity index (χ1n) is 7.84. The fourth-order valence-electron chi connectivity index (χ4n) is 2.03. The molecule has 0 heterocycles. The first-order chi connectivity index (χ1) is 10.4. The van der Waals surface area contributed by atoms with Crippen LogP contribution in [0.25, 0.3) is 0 Å². The minimum Gasteiger partial charge on any atom is -0.862 e. The van der Waals surface area contributed by atoms with Crippen LogP contribution in [0, 0.1) is 0 Å². The van der Waals surface area contributed by atoms with Crippen molar-refractivity contribution in [2.75, 3.05) is 19.6 Å². The molecule has 0 aliphatic carbocycles. The van der Waals surface area contributed by atoms with Gasteiger partial charge < -0.3 is 20.3 Å². The number of aliphatic hydroxyl groups is 1. The van der Waals surface area contributed by atoms with Crippen LogP contribution in [-0.2, 0) is 4.79 Å². The van der Waals surface area contributed by atoms with Crippen molar-refractivity contribution in [2.24, 2.45) is 4.99 Å². The van der Waals surface area contributed by atoms with Crippen LogP contribution in [0.4, 0.5) is 0 Å². The number of unbranched alkanes of at least 4 members (excludes halogenated alkanes) is 2. The molecule has 2 N–H and O–H groups in total. The molecule has 0 aliphatic heterocycles. The van der Waals surface area contributed by atoms with E-state index in [-0.39, 0.29) is 37.8 Å². The smallest absolute Gasteiger partial charge is 0.862 e. The number of carboxylic acid groups (broad SMARTS) is 1. The third-order valence-corrected chi connectivity index (χ3v) is 3.33. The normalized spacial score (nSPS) is 14.7. The summed E-state index contributed by atoms with van der Waals surface area (Å²) < 4.78 is 0. The van der Waals surface area contributed by atoms with Gasteiger partial charge in [-0.25, -0.2) is 0 Å². The second-order valence-electron chi connectivity index (χ2n) is 5.45. The number of hydrogen-bond acceptors (Lipinski definition) is 5. The number of carboxylic acids is 1. The molecule has 7 heteroatoms. The van der Waals surface area contributed by atoms with Gasteiger partial charge in [-0.2, -0.15) is 0 Å². The summed E-state index contributed by atoms with van der Waals surface area (Å²) in [5.41, 5.74) is 0. The Labute approximate surface area is 151 Å². The summed E-state index contributed by atoms with van der Waals surface area (Å²) in [6, 6.07) is -0.708. The fraction of sp³-hybridized carbons (Fsp3) is 0.750. The predicted octanol–water partition coefficient (Wildman–Crippen LogP) is -1.96. The van der Waals surface area contributed by atoms with Gasteiger partial charge in [-0.05, 0) is 52.4 Å². The number of nitrogens with zero attached hydrogens (tertiary/aromatic N) is 2. The predicted molar refractivity (Wildman–Crippen MR) is 85.9 cm³/mol. The standard InChI is InChI=1S/C16H30N2O4.Li/c1-4-5-6-7-8-9-15(20)17-10-11-18(12-13(2)19)14(3)16(21)22;/h4-5,13-14,19H,6-12H2,1-3H3,(H,17,20)(H,21,22);/q;+1/p-1/b5-4+;. The Morgan fingerprint density at radius 1 is 1.35 bits per heavy atom. The zero-order valence-corrected chi connectivity index (χ0v) is 14.9. The van der Waals surface area contributed by atoms with E-state index >= 15 is 0 Å². The summed E-state index contributed by atoms with van der Waals surface area (Å²) in [7, 11) is 0. The maximum atomic E-state index is 11.6. The van der Waals surface area contributed by atoms with Crippen LogP contribution in [0.3, 0.4) is 0 Å². The van der Waals surface area contributed by atoms with Gasteiger partial charge in [-0.15, -0.1) is 0 Å². The van der Waals surface area contributed by atoms with Gasteiger partial charge in [0.1, 0.15) is 6.04 Å². The van der Waals surface area contributed by atoms with Gasteiger partial charge in [-0.3, -0.25) is 9.69 Å². The number of aliphatic imine (C=N–C) groups is 1. The summed E-state index contributed by atoms with van der Waals surface area (Å²) in [6.07, 6.45) is 6.63. The molecule has 6 nitrogen and oxygen atoms in total. The average Bonchev–Trinajstić information content (AvgIpc) is 2.44. The zero-order chi connectivity index (χ0) is 17.0. The van der Waals surface area contributed by atoms with Gasteiger partial charge in [0.15, 0.2) is 0 Å². The van der Waals surface area contributed by atoms with Gasteiger partial charge in [0.05, 0.1) is 12.6 Å². The molecule has 0 spiro atoms. The molecule has 0 rings (SSSR count). The molecule has 0 radical (unpaired) electrons. The number of allylic oxidation sites excluding steroid dienone is 2. The van der Waals surface area contributed by atoms with Crippen molar-refractivity contribution in [2.45, 2.75) is 58.6 Å². The first kappa shape index (κ1) is 24.4. The number of aliphatic hydroxyl groups excluding tert-OH is 1. The van der Waals surface area contributed by atoms with Gasteiger partial charge in [0, 0.05) is 13.1 Å². The molecule has 2 atom stereocenters. The molecular weight excluding hydrogens is 291 g/mol. The van der Waals surface area contributed by atoms with Crippen molar-refractivity contribution >= 4 is 11.9 Å². The van der Waals surface area contributed by atoms with E-state index in [9.17, 15) is 15.0 Å². The maximum absolute atomic E-state index is 11.6. The molecule has 2 unspecified atom stereocenters. The van der Waals surface area contributed by atoms with Crippen molar-refractivity contribution in [1.82, 2.24) is 4.90 Å². The first-order valence-corrected chi connectivity index (χ1v) is 7.84. The molecule has 0 amide bonds. The van der Waals surface area contributed by atoms with Crippen molar-refractivity contribution in [3.05, 3.63) is 12.2 Å². The molecule has 0 saturated carbocycles. The molecule has 0 aromatic rings. The SMILES string of the molecule is C/C=C/CCCCC([O-])=NCCN(CC(C)O)C(C)C(=O)O.[Li+]. The summed E-state index contributed by atoms with van der Waals surface area (Å²) in [4.78, 5) is 16.6. The van der Waals surface area contributed by atoms with Crippen LogP contribution in [0.15, 0.2) is 17.1 Å². The number of rotatable bonds is 12. The minimum atomic E-state index is -0.948. The molecule has 0 aromatic carbocycles. The third kappa shape index (κ3) is 13.3. The monoisotopic (exact) mass is 320 g/mol. The summed E-state index contributed by atoms with van der Waals surface area (Å²) >= 11 is 0. The van der Waals surface area contributed by atoms with Crippen molar-refractivity contribution < 1.29 is 39.0 Å². The summed E-state index contributed by atoms with van der Waals surface area (Å²) in [6.45, 7) is 6.00. The maximum Gasteiger partial charge on any atom is 1.00 e. The van der Waals surface area contributed by atoms with Gasteiger partial charge >= 0.3 is 24.8 Å². The van der Waals surface area contributed by atoms with Crippen LogP contribution in [0.2, 0.25) is 0 Å².